The van der Waals surface area contributed by atoms with Gasteiger partial charge in [-0.15, -0.1) is 0 Å². The molecular weight excluding hydrogens is 164 g/mol. The molecule has 1 aromatic heterocycles. The van der Waals surface area contributed by atoms with Crippen LogP contribution in [-0.2, 0) is 10.2 Å². The number of Topliss-reactive ketones (excluding diaryl/α,β-unsaturated/α-hetero) is 1. The van der Waals surface area contributed by atoms with Gasteiger partial charge >= 0.3 is 0 Å². The maximum atomic E-state index is 11.0. The van der Waals surface area contributed by atoms with Crippen LogP contribution in [0.3, 0.4) is 0 Å². The van der Waals surface area contributed by atoms with E-state index in [1.807, 2.05) is 13.8 Å². The molecule has 0 amide bonds. The van der Waals surface area contributed by atoms with Crippen molar-refractivity contribution in [1.29, 1.82) is 0 Å². The molecule has 3 nitrogen and oxygen atoms in total. The van der Waals surface area contributed by atoms with Crippen molar-refractivity contribution in [3.8, 4) is 0 Å². The predicted octanol–water partition coefficient (Wildman–Crippen LogP) is 1.73. The molecule has 1 rings (SSSR count). The minimum atomic E-state index is -0.160. The van der Waals surface area contributed by atoms with Gasteiger partial charge < -0.3 is 0 Å². The van der Waals surface area contributed by atoms with E-state index in [2.05, 4.69) is 9.97 Å². The van der Waals surface area contributed by atoms with E-state index in [9.17, 15) is 4.79 Å². The lowest BCUT2D eigenvalue weighted by Crippen LogP contribution is -2.20. The first-order valence-electron chi connectivity index (χ1n) is 4.27. The van der Waals surface area contributed by atoms with Crippen LogP contribution in [0.2, 0.25) is 0 Å². The molecule has 0 atom stereocenters. The highest BCUT2D eigenvalue weighted by molar-refractivity contribution is 5.77. The van der Waals surface area contributed by atoms with E-state index >= 15 is 0 Å². The van der Waals surface area contributed by atoms with Crippen LogP contribution in [0.1, 0.15) is 32.8 Å². The Hall–Kier alpha value is -1.25. The van der Waals surface area contributed by atoms with E-state index in [0.29, 0.717) is 6.42 Å². The van der Waals surface area contributed by atoms with Gasteiger partial charge in [0.25, 0.3) is 0 Å². The second-order valence-electron chi connectivity index (χ2n) is 3.89. The minimum Gasteiger partial charge on any atom is -0.300 e. The highest BCUT2D eigenvalue weighted by Crippen LogP contribution is 2.25. The number of carbonyl (C=O) groups excluding carboxylic acids is 1. The molecular formula is C10H14N2O. The maximum absolute atomic E-state index is 11.0. The van der Waals surface area contributed by atoms with Crippen molar-refractivity contribution in [2.45, 2.75) is 32.6 Å². The quantitative estimate of drug-likeness (QED) is 0.708. The summed E-state index contributed by atoms with van der Waals surface area (Å²) in [5.74, 6) is 0.189. The number of ketones is 1. The van der Waals surface area contributed by atoms with Gasteiger partial charge in [0, 0.05) is 18.8 Å². The van der Waals surface area contributed by atoms with Crippen molar-refractivity contribution in [2.75, 3.05) is 0 Å². The predicted molar refractivity (Wildman–Crippen MR) is 50.4 cm³/mol. The number of rotatable bonds is 3. The summed E-state index contributed by atoms with van der Waals surface area (Å²) < 4.78 is 0. The number of nitrogens with zero attached hydrogens (tertiary/aromatic N) is 2. The highest BCUT2D eigenvalue weighted by Gasteiger charge is 2.22. The first-order valence-corrected chi connectivity index (χ1v) is 4.27. The Labute approximate surface area is 78.2 Å². The Morgan fingerprint density at radius 1 is 1.38 bits per heavy atom. The molecule has 0 bridgehead atoms. The summed E-state index contributed by atoms with van der Waals surface area (Å²) >= 11 is 0. The third kappa shape index (κ3) is 2.61. The molecule has 0 aromatic carbocycles. The van der Waals surface area contributed by atoms with Crippen LogP contribution in [-0.4, -0.2) is 15.8 Å². The van der Waals surface area contributed by atoms with Gasteiger partial charge in [-0.1, -0.05) is 13.8 Å². The zero-order chi connectivity index (χ0) is 9.90. The molecule has 13 heavy (non-hydrogen) atoms. The average molecular weight is 178 g/mol. The van der Waals surface area contributed by atoms with E-state index in [0.717, 1.165) is 5.56 Å². The first-order chi connectivity index (χ1) is 6.02. The fraction of sp³-hybridized carbons (Fsp3) is 0.500. The summed E-state index contributed by atoms with van der Waals surface area (Å²) in [5.41, 5.74) is 0.845. The van der Waals surface area contributed by atoms with Gasteiger partial charge in [-0.3, -0.25) is 4.79 Å². The fourth-order valence-corrected chi connectivity index (χ4v) is 1.37. The normalized spacial score (nSPS) is 11.3. The van der Waals surface area contributed by atoms with E-state index < -0.39 is 0 Å². The standard InChI is InChI=1S/C10H14N2O/c1-8(13)4-10(2,3)9-5-11-7-12-6-9/h5-7H,4H2,1-3H3. The fourth-order valence-electron chi connectivity index (χ4n) is 1.37. The third-order valence-corrected chi connectivity index (χ3v) is 2.03. The summed E-state index contributed by atoms with van der Waals surface area (Å²) in [7, 11) is 0. The Kier molecular flexibility index (Phi) is 2.76. The molecule has 0 fully saturated rings. The molecule has 3 heteroatoms. The zero-order valence-electron chi connectivity index (χ0n) is 8.24. The highest BCUT2D eigenvalue weighted by atomic mass is 16.1. The summed E-state index contributed by atoms with van der Waals surface area (Å²) in [6, 6.07) is 0. The number of hydrogen-bond donors (Lipinski definition) is 0. The Bertz CT molecular complexity index is 293. The van der Waals surface area contributed by atoms with Crippen molar-refractivity contribution in [3.63, 3.8) is 0 Å². The van der Waals surface area contributed by atoms with Crippen molar-refractivity contribution < 1.29 is 4.79 Å². The average Bonchev–Trinajstić information content (AvgIpc) is 2.04. The smallest absolute Gasteiger partial charge is 0.130 e. The minimum absolute atomic E-state index is 0.160. The molecule has 0 aliphatic heterocycles. The molecule has 0 aliphatic rings. The molecule has 0 radical (unpaired) electrons. The third-order valence-electron chi connectivity index (χ3n) is 2.03. The van der Waals surface area contributed by atoms with Crippen LogP contribution in [0.15, 0.2) is 18.7 Å². The van der Waals surface area contributed by atoms with Crippen LogP contribution < -0.4 is 0 Å². The Balaban J connectivity index is 2.87. The van der Waals surface area contributed by atoms with Gasteiger partial charge in [0.2, 0.25) is 0 Å². The van der Waals surface area contributed by atoms with E-state index in [1.54, 1.807) is 19.3 Å². The van der Waals surface area contributed by atoms with Gasteiger partial charge in [-0.05, 0) is 17.9 Å². The van der Waals surface area contributed by atoms with Gasteiger partial charge in [-0.2, -0.15) is 0 Å². The monoisotopic (exact) mass is 178 g/mol. The van der Waals surface area contributed by atoms with Gasteiger partial charge in [-0.25, -0.2) is 9.97 Å². The Morgan fingerprint density at radius 2 is 1.92 bits per heavy atom. The lowest BCUT2D eigenvalue weighted by Gasteiger charge is -2.22. The van der Waals surface area contributed by atoms with Crippen molar-refractivity contribution >= 4 is 5.78 Å². The number of carbonyl (C=O) groups is 1. The molecule has 0 saturated carbocycles. The SMILES string of the molecule is CC(=O)CC(C)(C)c1cncnc1. The summed E-state index contributed by atoms with van der Waals surface area (Å²) in [6.07, 6.45) is 5.54. The maximum Gasteiger partial charge on any atom is 0.130 e. The topological polar surface area (TPSA) is 42.9 Å². The molecule has 0 unspecified atom stereocenters. The molecule has 1 heterocycles. The van der Waals surface area contributed by atoms with Crippen LogP contribution in [0, 0.1) is 0 Å². The molecule has 0 N–H and O–H groups in total. The summed E-state index contributed by atoms with van der Waals surface area (Å²) in [6.45, 7) is 5.64. The van der Waals surface area contributed by atoms with E-state index in [-0.39, 0.29) is 11.2 Å². The zero-order valence-corrected chi connectivity index (χ0v) is 8.24. The molecule has 0 spiro atoms. The Morgan fingerprint density at radius 3 is 2.38 bits per heavy atom. The first kappa shape index (κ1) is 9.84. The second kappa shape index (κ2) is 3.64. The van der Waals surface area contributed by atoms with E-state index in [4.69, 9.17) is 0 Å². The molecule has 1 aromatic rings. The van der Waals surface area contributed by atoms with Crippen molar-refractivity contribution in [3.05, 3.63) is 24.3 Å². The van der Waals surface area contributed by atoms with Crippen molar-refractivity contribution in [2.24, 2.45) is 0 Å². The van der Waals surface area contributed by atoms with Gasteiger partial charge in [0.05, 0.1) is 0 Å². The largest absolute Gasteiger partial charge is 0.300 e. The number of hydrogen-bond acceptors (Lipinski definition) is 3. The van der Waals surface area contributed by atoms with Gasteiger partial charge in [0.15, 0.2) is 0 Å². The van der Waals surface area contributed by atoms with Crippen LogP contribution in [0.5, 0.6) is 0 Å². The van der Waals surface area contributed by atoms with Crippen molar-refractivity contribution in [1.82, 2.24) is 9.97 Å². The molecule has 70 valence electrons. The number of aromatic nitrogens is 2. The second-order valence-corrected chi connectivity index (χ2v) is 3.89. The van der Waals surface area contributed by atoms with E-state index in [1.165, 1.54) is 6.33 Å². The molecule has 0 saturated heterocycles. The lowest BCUT2D eigenvalue weighted by atomic mass is 9.82. The van der Waals surface area contributed by atoms with Crippen LogP contribution >= 0.6 is 0 Å². The van der Waals surface area contributed by atoms with Gasteiger partial charge in [0.1, 0.15) is 12.1 Å². The lowest BCUT2D eigenvalue weighted by molar-refractivity contribution is -0.118. The summed E-state index contributed by atoms with van der Waals surface area (Å²) in [4.78, 5) is 18.9. The van der Waals surface area contributed by atoms with Crippen LogP contribution in [0.25, 0.3) is 0 Å². The van der Waals surface area contributed by atoms with Crippen LogP contribution in [0.4, 0.5) is 0 Å². The molecule has 0 aliphatic carbocycles. The summed E-state index contributed by atoms with van der Waals surface area (Å²) in [5, 5.41) is 0.